The largest absolute Gasteiger partial charge is 0.481 e. The zero-order valence-corrected chi connectivity index (χ0v) is 19.1. The van der Waals surface area contributed by atoms with E-state index in [1.807, 2.05) is 26.2 Å². The highest BCUT2D eigenvalue weighted by Gasteiger charge is 2.32. The number of carboxylic acids is 2. The molecular formula is C24H33N3O5. The highest BCUT2D eigenvalue weighted by atomic mass is 16.4. The lowest BCUT2D eigenvalue weighted by Crippen LogP contribution is -2.43. The molecule has 1 fully saturated rings. The Balaban J connectivity index is 0.000000668. The zero-order chi connectivity index (χ0) is 23.4. The minimum Gasteiger partial charge on any atom is -0.481 e. The molecule has 0 unspecified atom stereocenters. The molecule has 2 aliphatic rings. The maximum atomic E-state index is 13.5. The van der Waals surface area contributed by atoms with Crippen molar-refractivity contribution in [2.24, 2.45) is 5.92 Å². The van der Waals surface area contributed by atoms with Gasteiger partial charge in [-0.3, -0.25) is 14.4 Å². The van der Waals surface area contributed by atoms with E-state index < -0.39 is 17.9 Å². The molecule has 0 saturated carbocycles. The molecule has 2 aromatic rings. The quantitative estimate of drug-likeness (QED) is 0.672. The summed E-state index contributed by atoms with van der Waals surface area (Å²) in [6.07, 6.45) is 5.85. The molecule has 2 atom stereocenters. The van der Waals surface area contributed by atoms with Crippen LogP contribution in [-0.2, 0) is 22.4 Å². The number of H-pyrrole nitrogens is 1. The van der Waals surface area contributed by atoms with E-state index >= 15 is 0 Å². The van der Waals surface area contributed by atoms with Gasteiger partial charge in [-0.15, -0.1) is 0 Å². The molecule has 8 heteroatoms. The normalized spacial score (nSPS) is 20.8. The average Bonchev–Trinajstić information content (AvgIpc) is 2.96. The van der Waals surface area contributed by atoms with Gasteiger partial charge in [-0.1, -0.05) is 12.1 Å². The van der Waals surface area contributed by atoms with Gasteiger partial charge in [-0.05, 0) is 64.3 Å². The van der Waals surface area contributed by atoms with Gasteiger partial charge in [-0.25, -0.2) is 0 Å². The van der Waals surface area contributed by atoms with E-state index in [1.165, 1.54) is 24.1 Å². The molecule has 1 aromatic heterocycles. The molecule has 174 valence electrons. The summed E-state index contributed by atoms with van der Waals surface area (Å²) in [5, 5.41) is 18.1. The monoisotopic (exact) mass is 443 g/mol. The predicted molar refractivity (Wildman–Crippen MR) is 122 cm³/mol. The fourth-order valence-electron chi connectivity index (χ4n) is 4.74. The van der Waals surface area contributed by atoms with Crippen LogP contribution in [0.2, 0.25) is 0 Å². The number of benzene rings is 1. The molecule has 2 heterocycles. The van der Waals surface area contributed by atoms with Crippen LogP contribution in [0.15, 0.2) is 18.2 Å². The third kappa shape index (κ3) is 5.30. The number of nitrogens with one attached hydrogen (secondary N) is 1. The number of fused-ring (bicyclic) bond motifs is 3. The number of rotatable bonds is 3. The Bertz CT molecular complexity index is 993. The van der Waals surface area contributed by atoms with Gasteiger partial charge < -0.3 is 25.0 Å². The fraction of sp³-hybridized carbons (Fsp3) is 0.542. The Kier molecular flexibility index (Phi) is 7.56. The number of aromatic amines is 1. The van der Waals surface area contributed by atoms with Gasteiger partial charge in [-0.2, -0.15) is 0 Å². The number of carboxylic acid groups (broad SMARTS) is 2. The summed E-state index contributed by atoms with van der Waals surface area (Å²) in [6, 6.07) is 6.09. The van der Waals surface area contributed by atoms with Crippen LogP contribution in [0.3, 0.4) is 0 Å². The molecule has 1 aromatic carbocycles. The number of carbonyl (C=O) groups excluding carboxylic acids is 1. The molecule has 0 radical (unpaired) electrons. The number of amides is 1. The molecular weight excluding hydrogens is 410 g/mol. The Labute approximate surface area is 188 Å². The van der Waals surface area contributed by atoms with Crippen molar-refractivity contribution in [2.75, 3.05) is 27.2 Å². The summed E-state index contributed by atoms with van der Waals surface area (Å²) in [7, 11) is 3.99. The highest BCUT2D eigenvalue weighted by molar-refractivity contribution is 6.07. The molecule has 0 bridgehead atoms. The fourth-order valence-corrected chi connectivity index (χ4v) is 4.74. The second-order valence-electron chi connectivity index (χ2n) is 8.98. The summed E-state index contributed by atoms with van der Waals surface area (Å²) in [5.74, 6) is -2.22. The summed E-state index contributed by atoms with van der Waals surface area (Å²) >= 11 is 0. The number of hydrogen-bond donors (Lipinski definition) is 3. The summed E-state index contributed by atoms with van der Waals surface area (Å²) in [5.41, 5.74) is 4.18. The van der Waals surface area contributed by atoms with Crippen molar-refractivity contribution in [3.63, 3.8) is 0 Å². The first-order chi connectivity index (χ1) is 15.2. The molecule has 8 nitrogen and oxygen atoms in total. The number of nitrogens with zero attached hydrogens (tertiary/aromatic N) is 2. The van der Waals surface area contributed by atoms with E-state index in [0.29, 0.717) is 18.5 Å². The number of aliphatic carboxylic acids is 2. The second kappa shape index (κ2) is 10.2. The number of hydrogen-bond acceptors (Lipinski definition) is 4. The van der Waals surface area contributed by atoms with Gasteiger partial charge in [0.15, 0.2) is 0 Å². The first-order valence-electron chi connectivity index (χ1n) is 11.2. The van der Waals surface area contributed by atoms with Crippen molar-refractivity contribution < 1.29 is 24.6 Å². The van der Waals surface area contributed by atoms with Gasteiger partial charge in [0, 0.05) is 37.1 Å². The lowest BCUT2D eigenvalue weighted by Gasteiger charge is -2.29. The summed E-state index contributed by atoms with van der Waals surface area (Å²) in [6.45, 7) is 1.92. The van der Waals surface area contributed by atoms with Gasteiger partial charge in [0.1, 0.15) is 0 Å². The Hall–Kier alpha value is -2.87. The van der Waals surface area contributed by atoms with Crippen LogP contribution in [0.5, 0.6) is 0 Å². The van der Waals surface area contributed by atoms with Gasteiger partial charge >= 0.3 is 5.97 Å². The topological polar surface area (TPSA) is 114 Å². The molecule has 32 heavy (non-hydrogen) atoms. The van der Waals surface area contributed by atoms with Crippen molar-refractivity contribution in [3.8, 4) is 0 Å². The van der Waals surface area contributed by atoms with Crippen LogP contribution in [0.1, 0.15) is 54.2 Å². The van der Waals surface area contributed by atoms with E-state index in [9.17, 15) is 14.7 Å². The number of carbonyl (C=O) groups is 3. The molecule has 1 aliphatic carbocycles. The molecule has 4 rings (SSSR count). The zero-order valence-electron chi connectivity index (χ0n) is 19.1. The van der Waals surface area contributed by atoms with Crippen molar-refractivity contribution in [1.29, 1.82) is 0 Å². The van der Waals surface area contributed by atoms with Crippen molar-refractivity contribution in [3.05, 3.63) is 35.0 Å². The van der Waals surface area contributed by atoms with Crippen molar-refractivity contribution >= 4 is 28.7 Å². The molecule has 1 aliphatic heterocycles. The number of likely N-dealkylation sites (N-methyl/N-ethyl adjacent to an activating group) is 1. The van der Waals surface area contributed by atoms with E-state index in [0.717, 1.165) is 37.1 Å². The van der Waals surface area contributed by atoms with Crippen LogP contribution < -0.4 is 0 Å². The van der Waals surface area contributed by atoms with Crippen LogP contribution >= 0.6 is 0 Å². The number of para-hydroxylation sites is 1. The molecule has 1 amide bonds. The predicted octanol–water partition coefficient (Wildman–Crippen LogP) is 3.00. The highest BCUT2D eigenvalue weighted by Crippen LogP contribution is 2.32. The van der Waals surface area contributed by atoms with Crippen molar-refractivity contribution in [2.45, 2.75) is 51.5 Å². The van der Waals surface area contributed by atoms with Crippen LogP contribution in [0, 0.1) is 5.92 Å². The Morgan fingerprint density at radius 3 is 2.41 bits per heavy atom. The first kappa shape index (κ1) is 23.8. The third-order valence-electron chi connectivity index (χ3n) is 6.45. The Morgan fingerprint density at radius 2 is 1.75 bits per heavy atom. The summed E-state index contributed by atoms with van der Waals surface area (Å²) in [4.78, 5) is 41.6. The molecule has 1 saturated heterocycles. The lowest BCUT2D eigenvalue weighted by molar-refractivity contribution is -0.142. The maximum Gasteiger partial charge on any atom is 0.308 e. The van der Waals surface area contributed by atoms with Crippen LogP contribution in [0.4, 0.5) is 0 Å². The van der Waals surface area contributed by atoms with Gasteiger partial charge in [0.25, 0.3) is 11.9 Å². The summed E-state index contributed by atoms with van der Waals surface area (Å²) < 4.78 is 0. The maximum absolute atomic E-state index is 13.5. The Morgan fingerprint density at radius 1 is 1.06 bits per heavy atom. The smallest absolute Gasteiger partial charge is 0.308 e. The second-order valence-corrected chi connectivity index (χ2v) is 8.98. The average molecular weight is 444 g/mol. The molecule has 0 spiro atoms. The SMILES string of the molecule is CC(=O)O.CN(C)[C@@H]1CC[C@H](C(=O)O)CN(C(=O)c2cccc3c4c([nH]c23)CCCC4)C1. The minimum atomic E-state index is -0.833. The van der Waals surface area contributed by atoms with Gasteiger partial charge in [0.05, 0.1) is 17.0 Å². The lowest BCUT2D eigenvalue weighted by atomic mass is 9.95. The number of aryl methyl sites for hydroxylation is 2. The van der Waals surface area contributed by atoms with E-state index in [2.05, 4.69) is 16.0 Å². The van der Waals surface area contributed by atoms with Crippen LogP contribution in [-0.4, -0.2) is 76.1 Å². The molecule has 3 N–H and O–H groups in total. The van der Waals surface area contributed by atoms with E-state index in [1.54, 1.807) is 4.90 Å². The van der Waals surface area contributed by atoms with Gasteiger partial charge in [0.2, 0.25) is 0 Å². The van der Waals surface area contributed by atoms with E-state index in [-0.39, 0.29) is 18.5 Å². The number of aromatic nitrogens is 1. The third-order valence-corrected chi connectivity index (χ3v) is 6.45. The van der Waals surface area contributed by atoms with E-state index in [4.69, 9.17) is 9.90 Å². The minimum absolute atomic E-state index is 0.0656. The van der Waals surface area contributed by atoms with Crippen LogP contribution in [0.25, 0.3) is 10.9 Å². The first-order valence-corrected chi connectivity index (χ1v) is 11.2. The van der Waals surface area contributed by atoms with Crippen molar-refractivity contribution in [1.82, 2.24) is 14.8 Å². The standard InChI is InChI=1S/C22H29N3O3.C2H4O2/c1-24(2)15-11-10-14(22(27)28)12-25(13-15)21(26)18-8-5-7-17-16-6-3-4-9-19(16)23-20(17)18;1-2(3)4/h5,7-8,14-15,23H,3-4,6,9-13H2,1-2H3,(H,27,28);1H3,(H,3,4)/t14-,15+;/m0./s1. The number of likely N-dealkylation sites (tertiary alicyclic amines) is 1.